The van der Waals surface area contributed by atoms with Crippen molar-refractivity contribution in [1.29, 1.82) is 0 Å². The first-order valence-corrected chi connectivity index (χ1v) is 9.44. The van der Waals surface area contributed by atoms with Crippen LogP contribution in [0.5, 0.6) is 0 Å². The molecular formula is C20H32N4O2. The highest BCUT2D eigenvalue weighted by Crippen LogP contribution is 2.17. The third-order valence-electron chi connectivity index (χ3n) is 5.10. The molecule has 0 unspecified atom stereocenters. The number of amides is 3. The van der Waals surface area contributed by atoms with Crippen molar-refractivity contribution in [1.82, 2.24) is 15.5 Å². The fourth-order valence-corrected chi connectivity index (χ4v) is 3.21. The van der Waals surface area contributed by atoms with E-state index in [-0.39, 0.29) is 24.0 Å². The zero-order chi connectivity index (χ0) is 19.1. The summed E-state index contributed by atoms with van der Waals surface area (Å²) in [7, 11) is 5.90. The van der Waals surface area contributed by atoms with Crippen LogP contribution in [0.25, 0.3) is 0 Å². The Labute approximate surface area is 156 Å². The van der Waals surface area contributed by atoms with Gasteiger partial charge in [0.05, 0.1) is 6.04 Å². The first-order valence-electron chi connectivity index (χ1n) is 9.44. The van der Waals surface area contributed by atoms with E-state index in [4.69, 9.17) is 0 Å². The number of rotatable bonds is 6. The Balaban J connectivity index is 1.81. The number of urea groups is 1. The summed E-state index contributed by atoms with van der Waals surface area (Å²) < 4.78 is 0. The van der Waals surface area contributed by atoms with E-state index in [0.717, 1.165) is 36.9 Å². The fraction of sp³-hybridized carbons (Fsp3) is 0.600. The van der Waals surface area contributed by atoms with Crippen LogP contribution in [0.1, 0.15) is 44.6 Å². The minimum absolute atomic E-state index is 0.194. The van der Waals surface area contributed by atoms with Gasteiger partial charge in [-0.05, 0) is 44.5 Å². The molecule has 1 fully saturated rings. The number of carbonyl (C=O) groups is 2. The van der Waals surface area contributed by atoms with Crippen molar-refractivity contribution < 1.29 is 9.59 Å². The summed E-state index contributed by atoms with van der Waals surface area (Å²) >= 11 is 0. The van der Waals surface area contributed by atoms with Gasteiger partial charge in [-0.3, -0.25) is 15.0 Å². The molecule has 2 rings (SSSR count). The van der Waals surface area contributed by atoms with E-state index in [1.165, 1.54) is 6.42 Å². The second kappa shape index (κ2) is 9.57. The summed E-state index contributed by atoms with van der Waals surface area (Å²) in [5, 5.41) is 5.40. The number of nitrogens with one attached hydrogen (secondary N) is 2. The summed E-state index contributed by atoms with van der Waals surface area (Å²) in [5.41, 5.74) is 2.27. The van der Waals surface area contributed by atoms with Crippen molar-refractivity contribution in [2.45, 2.75) is 57.7 Å². The first kappa shape index (κ1) is 20.2. The van der Waals surface area contributed by atoms with E-state index in [1.54, 1.807) is 0 Å². The molecule has 0 bridgehead atoms. The topological polar surface area (TPSA) is 64.7 Å². The average molecular weight is 361 g/mol. The molecule has 1 saturated carbocycles. The molecule has 144 valence electrons. The number of imide groups is 1. The number of benzene rings is 1. The molecule has 1 aromatic carbocycles. The Morgan fingerprint density at radius 2 is 1.69 bits per heavy atom. The highest BCUT2D eigenvalue weighted by Gasteiger charge is 2.22. The number of hydrogen-bond acceptors (Lipinski definition) is 4. The molecule has 0 aliphatic heterocycles. The van der Waals surface area contributed by atoms with Crippen LogP contribution in [0, 0.1) is 0 Å². The van der Waals surface area contributed by atoms with E-state index in [0.29, 0.717) is 6.54 Å². The maximum absolute atomic E-state index is 12.3. The second-order valence-electron chi connectivity index (χ2n) is 7.45. The van der Waals surface area contributed by atoms with E-state index < -0.39 is 0 Å². The van der Waals surface area contributed by atoms with Gasteiger partial charge in [-0.2, -0.15) is 0 Å². The molecule has 0 aromatic heterocycles. The third-order valence-corrected chi connectivity index (χ3v) is 5.10. The summed E-state index contributed by atoms with van der Waals surface area (Å²) in [5.74, 6) is -0.272. The van der Waals surface area contributed by atoms with Crippen LogP contribution in [-0.4, -0.2) is 50.1 Å². The van der Waals surface area contributed by atoms with Crippen LogP contribution >= 0.6 is 0 Å². The van der Waals surface area contributed by atoms with Crippen molar-refractivity contribution in [3.8, 4) is 0 Å². The van der Waals surface area contributed by atoms with Crippen LogP contribution in [0.4, 0.5) is 10.5 Å². The molecule has 1 aromatic rings. The molecule has 6 heteroatoms. The highest BCUT2D eigenvalue weighted by atomic mass is 16.2. The standard InChI is InChI=1S/C20H32N4O2/c1-15(19(25)22-20(26)21-17-8-6-5-7-9-17)24(4)14-16-10-12-18(13-11-16)23(2)3/h10-13,15,17H,5-9,14H2,1-4H3,(H2,21,22,25,26)/t15-/m1/s1. The van der Waals surface area contributed by atoms with E-state index in [9.17, 15) is 9.59 Å². The summed E-state index contributed by atoms with van der Waals surface area (Å²) in [6.45, 7) is 2.46. The van der Waals surface area contributed by atoms with Gasteiger partial charge in [0.15, 0.2) is 0 Å². The first-order chi connectivity index (χ1) is 12.4. The largest absolute Gasteiger partial charge is 0.378 e. The second-order valence-corrected chi connectivity index (χ2v) is 7.45. The van der Waals surface area contributed by atoms with E-state index >= 15 is 0 Å². The van der Waals surface area contributed by atoms with Crippen LogP contribution in [-0.2, 0) is 11.3 Å². The van der Waals surface area contributed by atoms with Crippen molar-refractivity contribution in [3.63, 3.8) is 0 Å². The third kappa shape index (κ3) is 6.02. The molecule has 0 saturated heterocycles. The molecule has 26 heavy (non-hydrogen) atoms. The smallest absolute Gasteiger partial charge is 0.321 e. The number of nitrogens with zero attached hydrogens (tertiary/aromatic N) is 2. The van der Waals surface area contributed by atoms with Crippen molar-refractivity contribution >= 4 is 17.6 Å². The van der Waals surface area contributed by atoms with Crippen LogP contribution in [0.3, 0.4) is 0 Å². The molecule has 1 aliphatic carbocycles. The maximum atomic E-state index is 12.3. The van der Waals surface area contributed by atoms with Crippen LogP contribution in [0.15, 0.2) is 24.3 Å². The molecule has 2 N–H and O–H groups in total. The molecule has 3 amide bonds. The normalized spacial score (nSPS) is 16.2. The van der Waals surface area contributed by atoms with Gasteiger partial charge < -0.3 is 10.2 Å². The fourth-order valence-electron chi connectivity index (χ4n) is 3.21. The molecular weight excluding hydrogens is 328 g/mol. The van der Waals surface area contributed by atoms with Gasteiger partial charge in [0.1, 0.15) is 0 Å². The predicted molar refractivity (Wildman–Crippen MR) is 105 cm³/mol. The van der Waals surface area contributed by atoms with Crippen molar-refractivity contribution in [3.05, 3.63) is 29.8 Å². The van der Waals surface area contributed by atoms with Crippen LogP contribution < -0.4 is 15.5 Å². The molecule has 6 nitrogen and oxygen atoms in total. The van der Waals surface area contributed by atoms with Crippen LogP contribution in [0.2, 0.25) is 0 Å². The van der Waals surface area contributed by atoms with Crippen molar-refractivity contribution in [2.24, 2.45) is 0 Å². The lowest BCUT2D eigenvalue weighted by molar-refractivity contribution is -0.124. The Morgan fingerprint density at radius 1 is 1.08 bits per heavy atom. The van der Waals surface area contributed by atoms with Gasteiger partial charge in [0.2, 0.25) is 5.91 Å². The summed E-state index contributed by atoms with van der Waals surface area (Å²) in [4.78, 5) is 28.4. The summed E-state index contributed by atoms with van der Waals surface area (Å²) in [6.07, 6.45) is 5.52. The molecule has 0 heterocycles. The van der Waals surface area contributed by atoms with Gasteiger partial charge in [0, 0.05) is 32.4 Å². The lowest BCUT2D eigenvalue weighted by Gasteiger charge is -2.25. The number of hydrogen-bond donors (Lipinski definition) is 2. The predicted octanol–water partition coefficient (Wildman–Crippen LogP) is 2.73. The molecule has 1 aliphatic rings. The Bertz CT molecular complexity index is 594. The zero-order valence-electron chi connectivity index (χ0n) is 16.4. The van der Waals surface area contributed by atoms with E-state index in [2.05, 4.69) is 39.8 Å². The van der Waals surface area contributed by atoms with Gasteiger partial charge in [-0.15, -0.1) is 0 Å². The Kier molecular flexibility index (Phi) is 7.45. The van der Waals surface area contributed by atoms with Crippen molar-refractivity contribution in [2.75, 3.05) is 26.0 Å². The van der Waals surface area contributed by atoms with Gasteiger partial charge in [-0.25, -0.2) is 4.79 Å². The van der Waals surface area contributed by atoms with Gasteiger partial charge >= 0.3 is 6.03 Å². The monoisotopic (exact) mass is 360 g/mol. The average Bonchev–Trinajstić information content (AvgIpc) is 2.62. The highest BCUT2D eigenvalue weighted by molar-refractivity contribution is 5.96. The quantitative estimate of drug-likeness (QED) is 0.819. The molecule has 1 atom stereocenters. The van der Waals surface area contributed by atoms with Gasteiger partial charge in [0.25, 0.3) is 0 Å². The molecule has 0 radical (unpaired) electrons. The number of anilines is 1. The Hall–Kier alpha value is -2.08. The lowest BCUT2D eigenvalue weighted by atomic mass is 9.96. The number of likely N-dealkylation sites (N-methyl/N-ethyl adjacent to an activating group) is 1. The van der Waals surface area contributed by atoms with Gasteiger partial charge in [-0.1, -0.05) is 31.4 Å². The maximum Gasteiger partial charge on any atom is 0.321 e. The SMILES string of the molecule is C[C@H](C(=O)NC(=O)NC1CCCCC1)N(C)Cc1ccc(N(C)C)cc1. The minimum Gasteiger partial charge on any atom is -0.378 e. The summed E-state index contributed by atoms with van der Waals surface area (Å²) in [6, 6.07) is 7.67. The number of carbonyl (C=O) groups excluding carboxylic acids is 2. The molecule has 0 spiro atoms. The Morgan fingerprint density at radius 3 is 2.27 bits per heavy atom. The minimum atomic E-state index is -0.388. The lowest BCUT2D eigenvalue weighted by Crippen LogP contribution is -2.50. The van der Waals surface area contributed by atoms with E-state index in [1.807, 2.05) is 33.0 Å². The zero-order valence-corrected chi connectivity index (χ0v) is 16.4.